The largest absolute Gasteiger partial charge is 0.325 e. The SMILES string of the molecule is Cc1ccccc1-n1c(C)nnc1SCC(=O)Nc1cccc(I)c1. The van der Waals surface area contributed by atoms with Crippen molar-refractivity contribution in [3.8, 4) is 5.69 Å². The van der Waals surface area contributed by atoms with Gasteiger partial charge in [-0.1, -0.05) is 36.0 Å². The lowest BCUT2D eigenvalue weighted by Gasteiger charge is -2.11. The van der Waals surface area contributed by atoms with Crippen molar-refractivity contribution < 1.29 is 4.79 Å². The monoisotopic (exact) mass is 464 g/mol. The molecule has 1 amide bonds. The molecule has 0 atom stereocenters. The van der Waals surface area contributed by atoms with Crippen molar-refractivity contribution in [1.82, 2.24) is 14.8 Å². The number of rotatable bonds is 5. The highest BCUT2D eigenvalue weighted by Gasteiger charge is 2.14. The molecule has 128 valence electrons. The van der Waals surface area contributed by atoms with Crippen LogP contribution < -0.4 is 5.32 Å². The molecule has 1 N–H and O–H groups in total. The molecule has 0 aliphatic carbocycles. The number of amides is 1. The Morgan fingerprint density at radius 2 is 1.96 bits per heavy atom. The van der Waals surface area contributed by atoms with Gasteiger partial charge in [0.1, 0.15) is 5.82 Å². The average molecular weight is 464 g/mol. The van der Waals surface area contributed by atoms with Crippen molar-refractivity contribution in [2.24, 2.45) is 0 Å². The van der Waals surface area contributed by atoms with Crippen LogP contribution in [0.1, 0.15) is 11.4 Å². The first-order valence-corrected chi connectivity index (χ1v) is 9.77. The molecule has 3 aromatic rings. The van der Waals surface area contributed by atoms with E-state index in [4.69, 9.17) is 0 Å². The van der Waals surface area contributed by atoms with Crippen LogP contribution in [0.4, 0.5) is 5.69 Å². The molecule has 0 aliphatic heterocycles. The summed E-state index contributed by atoms with van der Waals surface area (Å²) in [6.07, 6.45) is 0. The first-order chi connectivity index (χ1) is 12.0. The molecule has 1 heterocycles. The Morgan fingerprint density at radius 1 is 1.16 bits per heavy atom. The van der Waals surface area contributed by atoms with E-state index in [0.717, 1.165) is 26.3 Å². The Hall–Kier alpha value is -1.87. The fourth-order valence-corrected chi connectivity index (χ4v) is 3.76. The minimum Gasteiger partial charge on any atom is -0.325 e. The molecule has 0 unspecified atom stereocenters. The molecular weight excluding hydrogens is 447 g/mol. The smallest absolute Gasteiger partial charge is 0.234 e. The van der Waals surface area contributed by atoms with E-state index < -0.39 is 0 Å². The second kappa shape index (κ2) is 8.01. The van der Waals surface area contributed by atoms with E-state index in [1.807, 2.05) is 66.9 Å². The fraction of sp³-hybridized carbons (Fsp3) is 0.167. The van der Waals surface area contributed by atoms with Gasteiger partial charge in [-0.15, -0.1) is 10.2 Å². The van der Waals surface area contributed by atoms with E-state index in [-0.39, 0.29) is 11.7 Å². The zero-order chi connectivity index (χ0) is 17.8. The van der Waals surface area contributed by atoms with Crippen LogP contribution in [0.5, 0.6) is 0 Å². The van der Waals surface area contributed by atoms with Crippen LogP contribution in [-0.2, 0) is 4.79 Å². The minimum atomic E-state index is -0.0658. The van der Waals surface area contributed by atoms with E-state index in [1.165, 1.54) is 11.8 Å². The number of carbonyl (C=O) groups is 1. The molecule has 2 aromatic carbocycles. The highest BCUT2D eigenvalue weighted by Crippen LogP contribution is 2.24. The second-order valence-electron chi connectivity index (χ2n) is 5.50. The molecule has 0 saturated heterocycles. The van der Waals surface area contributed by atoms with Crippen molar-refractivity contribution in [3.63, 3.8) is 0 Å². The number of para-hydroxylation sites is 1. The zero-order valence-corrected chi connectivity index (χ0v) is 16.8. The van der Waals surface area contributed by atoms with E-state index >= 15 is 0 Å². The van der Waals surface area contributed by atoms with Crippen molar-refractivity contribution >= 4 is 45.9 Å². The number of aryl methyl sites for hydroxylation is 2. The molecule has 0 radical (unpaired) electrons. The minimum absolute atomic E-state index is 0.0658. The first kappa shape index (κ1) is 17.9. The summed E-state index contributed by atoms with van der Waals surface area (Å²) in [5, 5.41) is 12.0. The van der Waals surface area contributed by atoms with Gasteiger partial charge < -0.3 is 5.32 Å². The van der Waals surface area contributed by atoms with Gasteiger partial charge in [0, 0.05) is 9.26 Å². The van der Waals surface area contributed by atoms with Gasteiger partial charge in [0.2, 0.25) is 5.91 Å². The maximum atomic E-state index is 12.2. The standard InChI is InChI=1S/C18H17IN4OS/c1-12-6-3-4-9-16(12)23-13(2)21-22-18(23)25-11-17(24)20-15-8-5-7-14(19)10-15/h3-10H,11H2,1-2H3,(H,20,24). The Bertz CT molecular complexity index is 910. The third-order valence-electron chi connectivity index (χ3n) is 3.59. The summed E-state index contributed by atoms with van der Waals surface area (Å²) in [4.78, 5) is 12.2. The molecule has 0 aliphatic rings. The highest BCUT2D eigenvalue weighted by atomic mass is 127. The number of aromatic nitrogens is 3. The summed E-state index contributed by atoms with van der Waals surface area (Å²) >= 11 is 3.60. The topological polar surface area (TPSA) is 59.8 Å². The molecule has 0 spiro atoms. The summed E-state index contributed by atoms with van der Waals surface area (Å²) in [6, 6.07) is 15.8. The lowest BCUT2D eigenvalue weighted by molar-refractivity contribution is -0.113. The Kier molecular flexibility index (Phi) is 5.74. The van der Waals surface area contributed by atoms with Gasteiger partial charge in [-0.25, -0.2) is 0 Å². The molecule has 0 bridgehead atoms. The number of carbonyl (C=O) groups excluding carboxylic acids is 1. The summed E-state index contributed by atoms with van der Waals surface area (Å²) in [5.74, 6) is 1.01. The van der Waals surface area contributed by atoms with Crippen LogP contribution in [0, 0.1) is 17.4 Å². The molecular formula is C18H17IN4OS. The Labute approximate surface area is 164 Å². The quantitative estimate of drug-likeness (QED) is 0.454. The van der Waals surface area contributed by atoms with Gasteiger partial charge in [-0.05, 0) is 66.3 Å². The van der Waals surface area contributed by atoms with Crippen molar-refractivity contribution in [2.75, 3.05) is 11.1 Å². The van der Waals surface area contributed by atoms with Crippen LogP contribution in [0.3, 0.4) is 0 Å². The molecule has 1 aromatic heterocycles. The maximum Gasteiger partial charge on any atom is 0.234 e. The predicted octanol–water partition coefficient (Wildman–Crippen LogP) is 4.22. The molecule has 0 saturated carbocycles. The van der Waals surface area contributed by atoms with Gasteiger partial charge >= 0.3 is 0 Å². The number of halogens is 1. The molecule has 3 rings (SSSR count). The Balaban J connectivity index is 1.72. The lowest BCUT2D eigenvalue weighted by atomic mass is 10.2. The molecule has 5 nitrogen and oxygen atoms in total. The van der Waals surface area contributed by atoms with Crippen LogP contribution in [0.15, 0.2) is 53.7 Å². The van der Waals surface area contributed by atoms with Gasteiger partial charge in [-0.2, -0.15) is 0 Å². The second-order valence-corrected chi connectivity index (χ2v) is 7.69. The van der Waals surface area contributed by atoms with Crippen molar-refractivity contribution in [2.45, 2.75) is 19.0 Å². The number of thioether (sulfide) groups is 1. The van der Waals surface area contributed by atoms with Gasteiger partial charge in [-0.3, -0.25) is 9.36 Å². The number of anilines is 1. The number of benzene rings is 2. The van der Waals surface area contributed by atoms with Crippen molar-refractivity contribution in [1.29, 1.82) is 0 Å². The van der Waals surface area contributed by atoms with Gasteiger partial charge in [0.05, 0.1) is 11.4 Å². The number of hydrogen-bond acceptors (Lipinski definition) is 4. The van der Waals surface area contributed by atoms with E-state index in [1.54, 1.807) is 0 Å². The third-order valence-corrected chi connectivity index (χ3v) is 5.19. The lowest BCUT2D eigenvalue weighted by Crippen LogP contribution is -2.14. The number of hydrogen-bond donors (Lipinski definition) is 1. The molecule has 7 heteroatoms. The first-order valence-electron chi connectivity index (χ1n) is 7.71. The normalized spacial score (nSPS) is 10.7. The van der Waals surface area contributed by atoms with E-state index in [9.17, 15) is 4.79 Å². The number of nitrogens with zero attached hydrogens (tertiary/aromatic N) is 3. The number of nitrogens with one attached hydrogen (secondary N) is 1. The molecule has 0 fully saturated rings. The third kappa shape index (κ3) is 4.40. The average Bonchev–Trinajstić information content (AvgIpc) is 2.94. The van der Waals surface area contributed by atoms with Crippen LogP contribution >= 0.6 is 34.4 Å². The van der Waals surface area contributed by atoms with Gasteiger partial charge in [0.25, 0.3) is 0 Å². The summed E-state index contributed by atoms with van der Waals surface area (Å²) in [5.41, 5.74) is 2.97. The van der Waals surface area contributed by atoms with E-state index in [2.05, 4.69) is 38.1 Å². The van der Waals surface area contributed by atoms with Gasteiger partial charge in [0.15, 0.2) is 5.16 Å². The fourth-order valence-electron chi connectivity index (χ4n) is 2.42. The maximum absolute atomic E-state index is 12.2. The summed E-state index contributed by atoms with van der Waals surface area (Å²) in [7, 11) is 0. The van der Waals surface area contributed by atoms with E-state index in [0.29, 0.717) is 5.16 Å². The predicted molar refractivity (Wildman–Crippen MR) is 109 cm³/mol. The Morgan fingerprint density at radius 3 is 2.72 bits per heavy atom. The highest BCUT2D eigenvalue weighted by molar-refractivity contribution is 14.1. The van der Waals surface area contributed by atoms with Crippen LogP contribution in [0.25, 0.3) is 5.69 Å². The zero-order valence-electron chi connectivity index (χ0n) is 13.9. The summed E-state index contributed by atoms with van der Waals surface area (Å²) < 4.78 is 3.07. The van der Waals surface area contributed by atoms with Crippen LogP contribution in [-0.4, -0.2) is 26.4 Å². The summed E-state index contributed by atoms with van der Waals surface area (Å²) in [6.45, 7) is 3.96. The van der Waals surface area contributed by atoms with Crippen LogP contribution in [0.2, 0.25) is 0 Å². The van der Waals surface area contributed by atoms with Crippen molar-refractivity contribution in [3.05, 3.63) is 63.5 Å². The molecule has 25 heavy (non-hydrogen) atoms.